The van der Waals surface area contributed by atoms with Crippen molar-refractivity contribution >= 4 is 23.4 Å². The Kier molecular flexibility index (Phi) is 6.22. The fourth-order valence-electron chi connectivity index (χ4n) is 1.76. The number of aryl methyl sites for hydroxylation is 1. The summed E-state index contributed by atoms with van der Waals surface area (Å²) in [6, 6.07) is 5.47. The van der Waals surface area contributed by atoms with Crippen LogP contribution in [-0.2, 0) is 9.53 Å². The number of amides is 2. The molecule has 0 fully saturated rings. The van der Waals surface area contributed by atoms with Gasteiger partial charge in [-0.1, -0.05) is 6.07 Å². The lowest BCUT2D eigenvalue weighted by atomic mass is 10.2. The average molecular weight is 307 g/mol. The minimum atomic E-state index is -0.523. The second kappa shape index (κ2) is 7.68. The second-order valence-corrected chi connectivity index (χ2v) is 6.17. The summed E-state index contributed by atoms with van der Waals surface area (Å²) < 4.78 is 5.10. The molecule has 1 rings (SSSR count). The van der Waals surface area contributed by atoms with E-state index in [1.54, 1.807) is 32.9 Å². The number of nitrogen functional groups attached to an aromatic ring is 1. The molecular weight excluding hydrogens is 282 g/mol. The number of anilines is 2. The lowest BCUT2D eigenvalue weighted by Gasteiger charge is -2.19. The number of alkyl carbamates (subject to hydrolysis) is 1. The Labute approximate surface area is 131 Å². The smallest absolute Gasteiger partial charge is 0.407 e. The highest BCUT2D eigenvalue weighted by atomic mass is 16.6. The van der Waals surface area contributed by atoms with Crippen LogP contribution in [0.3, 0.4) is 0 Å². The monoisotopic (exact) mass is 307 g/mol. The number of hydrogen-bond donors (Lipinski definition) is 3. The average Bonchev–Trinajstić information content (AvgIpc) is 2.36. The molecule has 4 N–H and O–H groups in total. The van der Waals surface area contributed by atoms with Crippen molar-refractivity contribution in [2.75, 3.05) is 17.6 Å². The molecule has 0 heterocycles. The SMILES string of the molecule is Cc1ccc(NC(=O)CCCNC(=O)OC(C)(C)C)c(N)c1. The van der Waals surface area contributed by atoms with Gasteiger partial charge in [-0.3, -0.25) is 4.79 Å². The first-order valence-electron chi connectivity index (χ1n) is 7.30. The molecule has 0 aliphatic heterocycles. The summed E-state index contributed by atoms with van der Waals surface area (Å²) in [6.07, 6.45) is 0.343. The van der Waals surface area contributed by atoms with Gasteiger partial charge in [-0.2, -0.15) is 0 Å². The minimum absolute atomic E-state index is 0.137. The van der Waals surface area contributed by atoms with E-state index in [1.165, 1.54) is 0 Å². The van der Waals surface area contributed by atoms with Gasteiger partial charge < -0.3 is 21.1 Å². The van der Waals surface area contributed by atoms with Crippen LogP contribution >= 0.6 is 0 Å². The lowest BCUT2D eigenvalue weighted by molar-refractivity contribution is -0.116. The molecule has 0 atom stereocenters. The first-order chi connectivity index (χ1) is 10.2. The Morgan fingerprint density at radius 2 is 1.95 bits per heavy atom. The number of carbonyl (C=O) groups is 2. The van der Waals surface area contributed by atoms with Crippen LogP contribution in [0.5, 0.6) is 0 Å². The molecule has 6 heteroatoms. The van der Waals surface area contributed by atoms with Crippen molar-refractivity contribution in [3.05, 3.63) is 23.8 Å². The Morgan fingerprint density at radius 3 is 2.55 bits per heavy atom. The summed E-state index contributed by atoms with van der Waals surface area (Å²) >= 11 is 0. The fourth-order valence-corrected chi connectivity index (χ4v) is 1.76. The summed E-state index contributed by atoms with van der Waals surface area (Å²) in [4.78, 5) is 23.2. The van der Waals surface area contributed by atoms with Crippen LogP contribution < -0.4 is 16.4 Å². The highest BCUT2D eigenvalue weighted by molar-refractivity contribution is 5.93. The molecular formula is C16H25N3O3. The van der Waals surface area contributed by atoms with Crippen LogP contribution in [0.2, 0.25) is 0 Å². The van der Waals surface area contributed by atoms with E-state index in [0.717, 1.165) is 5.56 Å². The normalized spacial score (nSPS) is 10.9. The zero-order valence-electron chi connectivity index (χ0n) is 13.7. The summed E-state index contributed by atoms with van der Waals surface area (Å²) in [7, 11) is 0. The first kappa shape index (κ1) is 17.8. The van der Waals surface area contributed by atoms with Gasteiger partial charge in [0, 0.05) is 13.0 Å². The van der Waals surface area contributed by atoms with E-state index in [4.69, 9.17) is 10.5 Å². The molecule has 22 heavy (non-hydrogen) atoms. The molecule has 2 amide bonds. The maximum Gasteiger partial charge on any atom is 0.407 e. The summed E-state index contributed by atoms with van der Waals surface area (Å²) in [5.41, 5.74) is 7.50. The lowest BCUT2D eigenvalue weighted by Crippen LogP contribution is -2.33. The van der Waals surface area contributed by atoms with Crippen molar-refractivity contribution < 1.29 is 14.3 Å². The molecule has 1 aromatic rings. The van der Waals surface area contributed by atoms with Crippen molar-refractivity contribution in [2.45, 2.75) is 46.1 Å². The molecule has 0 saturated heterocycles. The highest BCUT2D eigenvalue weighted by Gasteiger charge is 2.15. The number of nitrogens with one attached hydrogen (secondary N) is 2. The first-order valence-corrected chi connectivity index (χ1v) is 7.30. The van der Waals surface area contributed by atoms with Crippen LogP contribution in [-0.4, -0.2) is 24.1 Å². The minimum Gasteiger partial charge on any atom is -0.444 e. The topological polar surface area (TPSA) is 93.5 Å². The van der Waals surface area contributed by atoms with Gasteiger partial charge in [0.15, 0.2) is 0 Å². The summed E-state index contributed by atoms with van der Waals surface area (Å²) in [5, 5.41) is 5.37. The van der Waals surface area contributed by atoms with Crippen LogP contribution in [0.1, 0.15) is 39.2 Å². The zero-order chi connectivity index (χ0) is 16.8. The van der Waals surface area contributed by atoms with Gasteiger partial charge in [-0.15, -0.1) is 0 Å². The number of carbonyl (C=O) groups excluding carboxylic acids is 2. The third-order valence-corrected chi connectivity index (χ3v) is 2.73. The Bertz CT molecular complexity index is 536. The van der Waals surface area contributed by atoms with Gasteiger partial charge in [0.2, 0.25) is 5.91 Å². The summed E-state index contributed by atoms with van der Waals surface area (Å²) in [6.45, 7) is 7.71. The van der Waals surface area contributed by atoms with Crippen molar-refractivity contribution in [3.8, 4) is 0 Å². The van der Waals surface area contributed by atoms with Crippen LogP contribution in [0, 0.1) is 6.92 Å². The van der Waals surface area contributed by atoms with E-state index in [2.05, 4.69) is 10.6 Å². The Hall–Kier alpha value is -2.24. The van der Waals surface area contributed by atoms with Crippen molar-refractivity contribution in [3.63, 3.8) is 0 Å². The van der Waals surface area contributed by atoms with Gasteiger partial charge >= 0.3 is 6.09 Å². The summed E-state index contributed by atoms with van der Waals surface area (Å²) in [5.74, 6) is -0.137. The van der Waals surface area contributed by atoms with Gasteiger partial charge in [-0.25, -0.2) is 4.79 Å². The maximum absolute atomic E-state index is 11.8. The van der Waals surface area contributed by atoms with E-state index in [-0.39, 0.29) is 5.91 Å². The van der Waals surface area contributed by atoms with E-state index in [1.807, 2.05) is 13.0 Å². The molecule has 0 aliphatic carbocycles. The third-order valence-electron chi connectivity index (χ3n) is 2.73. The molecule has 0 unspecified atom stereocenters. The molecule has 0 spiro atoms. The number of rotatable bonds is 5. The van der Waals surface area contributed by atoms with E-state index >= 15 is 0 Å². The number of ether oxygens (including phenoxy) is 1. The molecule has 6 nitrogen and oxygen atoms in total. The highest BCUT2D eigenvalue weighted by Crippen LogP contribution is 2.19. The second-order valence-electron chi connectivity index (χ2n) is 6.17. The van der Waals surface area contributed by atoms with Gasteiger partial charge in [0.1, 0.15) is 5.60 Å². The van der Waals surface area contributed by atoms with Crippen LogP contribution in [0.4, 0.5) is 16.2 Å². The Balaban J connectivity index is 2.28. The number of benzene rings is 1. The fraction of sp³-hybridized carbons (Fsp3) is 0.500. The largest absolute Gasteiger partial charge is 0.444 e. The number of hydrogen-bond acceptors (Lipinski definition) is 4. The predicted octanol–water partition coefficient (Wildman–Crippen LogP) is 2.82. The molecule has 0 radical (unpaired) electrons. The third kappa shape index (κ3) is 6.97. The van der Waals surface area contributed by atoms with Crippen molar-refractivity contribution in [2.24, 2.45) is 0 Å². The molecule has 0 aliphatic rings. The zero-order valence-corrected chi connectivity index (χ0v) is 13.7. The quantitative estimate of drug-likeness (QED) is 0.576. The predicted molar refractivity (Wildman–Crippen MR) is 87.7 cm³/mol. The number of nitrogens with two attached hydrogens (primary N) is 1. The van der Waals surface area contributed by atoms with Crippen molar-refractivity contribution in [1.29, 1.82) is 0 Å². The van der Waals surface area contributed by atoms with Crippen LogP contribution in [0.25, 0.3) is 0 Å². The van der Waals surface area contributed by atoms with E-state index < -0.39 is 11.7 Å². The molecule has 122 valence electrons. The van der Waals surface area contributed by atoms with Gasteiger partial charge in [0.05, 0.1) is 11.4 Å². The van der Waals surface area contributed by atoms with Crippen LogP contribution in [0.15, 0.2) is 18.2 Å². The van der Waals surface area contributed by atoms with Crippen molar-refractivity contribution in [1.82, 2.24) is 5.32 Å². The Morgan fingerprint density at radius 1 is 1.27 bits per heavy atom. The molecule has 0 saturated carbocycles. The van der Waals surface area contributed by atoms with E-state index in [9.17, 15) is 9.59 Å². The van der Waals surface area contributed by atoms with E-state index in [0.29, 0.717) is 30.8 Å². The van der Waals surface area contributed by atoms with Gasteiger partial charge in [0.25, 0.3) is 0 Å². The molecule has 0 aromatic heterocycles. The molecule has 1 aromatic carbocycles. The van der Waals surface area contributed by atoms with Gasteiger partial charge in [-0.05, 0) is 51.8 Å². The standard InChI is InChI=1S/C16H25N3O3/c1-11-7-8-13(12(17)10-11)19-14(20)6-5-9-18-15(21)22-16(2,3)4/h7-8,10H,5-6,9,17H2,1-4H3,(H,18,21)(H,19,20). The molecule has 0 bridgehead atoms. The maximum atomic E-state index is 11.8.